The predicted molar refractivity (Wildman–Crippen MR) is 124 cm³/mol. The number of hydrogen-bond donors (Lipinski definition) is 1. The van der Waals surface area contributed by atoms with Crippen molar-refractivity contribution in [1.82, 2.24) is 5.32 Å². The Balaban J connectivity index is 1.81. The number of nitrogens with one attached hydrogen (secondary N) is 1. The number of benzene rings is 2. The molecule has 2 aromatic rings. The summed E-state index contributed by atoms with van der Waals surface area (Å²) in [5.41, 5.74) is 1.32. The Labute approximate surface area is 190 Å². The van der Waals surface area contributed by atoms with Gasteiger partial charge < -0.3 is 5.32 Å². The standard InChI is InChI=1S/C19H21Cl3N2O3S2/c1-29(26,27)24(17-10-15(20)9-16(21)11-17)12-19(25)23-7-4-8-28-13-14-5-2-3-6-18(14)22/h2-3,5-6,9-11H,4,7-8,12-13H2,1H3,(H,23,25). The lowest BCUT2D eigenvalue weighted by molar-refractivity contribution is -0.119. The van der Waals surface area contributed by atoms with E-state index in [9.17, 15) is 13.2 Å². The number of carbonyl (C=O) groups is 1. The van der Waals surface area contributed by atoms with Gasteiger partial charge in [0.1, 0.15) is 6.54 Å². The van der Waals surface area contributed by atoms with Gasteiger partial charge >= 0.3 is 0 Å². The molecule has 5 nitrogen and oxygen atoms in total. The largest absolute Gasteiger partial charge is 0.354 e. The van der Waals surface area contributed by atoms with Gasteiger partial charge in [-0.05, 0) is 42.0 Å². The molecule has 0 bridgehead atoms. The minimum atomic E-state index is -3.68. The van der Waals surface area contributed by atoms with E-state index in [4.69, 9.17) is 34.8 Å². The zero-order valence-electron chi connectivity index (χ0n) is 15.7. The van der Waals surface area contributed by atoms with E-state index >= 15 is 0 Å². The zero-order valence-corrected chi connectivity index (χ0v) is 19.6. The molecule has 0 atom stereocenters. The molecule has 0 unspecified atom stereocenters. The van der Waals surface area contributed by atoms with Gasteiger partial charge in [0.05, 0.1) is 11.9 Å². The number of anilines is 1. The molecule has 2 aromatic carbocycles. The number of sulfonamides is 1. The summed E-state index contributed by atoms with van der Waals surface area (Å²) in [7, 11) is -3.68. The topological polar surface area (TPSA) is 66.5 Å². The van der Waals surface area contributed by atoms with E-state index in [1.54, 1.807) is 11.8 Å². The first-order valence-electron chi connectivity index (χ1n) is 8.68. The Morgan fingerprint density at radius 2 is 1.76 bits per heavy atom. The zero-order chi connectivity index (χ0) is 21.4. The van der Waals surface area contributed by atoms with Crippen molar-refractivity contribution in [3.63, 3.8) is 0 Å². The van der Waals surface area contributed by atoms with Crippen LogP contribution in [0.15, 0.2) is 42.5 Å². The second kappa shape index (κ2) is 11.3. The molecule has 0 saturated carbocycles. The smallest absolute Gasteiger partial charge is 0.240 e. The Morgan fingerprint density at radius 1 is 1.10 bits per heavy atom. The van der Waals surface area contributed by atoms with E-state index in [1.807, 2.05) is 24.3 Å². The third-order valence-corrected chi connectivity index (χ3v) is 6.86. The molecule has 10 heteroatoms. The van der Waals surface area contributed by atoms with Gasteiger partial charge in [0.25, 0.3) is 0 Å². The highest BCUT2D eigenvalue weighted by Crippen LogP contribution is 2.27. The van der Waals surface area contributed by atoms with Gasteiger partial charge in [-0.3, -0.25) is 9.10 Å². The third-order valence-electron chi connectivity index (χ3n) is 3.83. The minimum absolute atomic E-state index is 0.246. The molecule has 29 heavy (non-hydrogen) atoms. The average molecular weight is 496 g/mol. The maximum absolute atomic E-state index is 12.2. The van der Waals surface area contributed by atoms with Gasteiger partial charge in [0.2, 0.25) is 15.9 Å². The summed E-state index contributed by atoms with van der Waals surface area (Å²) in [6.45, 7) is 0.102. The maximum Gasteiger partial charge on any atom is 0.240 e. The molecule has 0 spiro atoms. The van der Waals surface area contributed by atoms with Crippen LogP contribution in [0.1, 0.15) is 12.0 Å². The number of carbonyl (C=O) groups excluding carboxylic acids is 1. The van der Waals surface area contributed by atoms with Crippen molar-refractivity contribution in [3.8, 4) is 0 Å². The summed E-state index contributed by atoms with van der Waals surface area (Å²) >= 11 is 19.7. The molecule has 0 fully saturated rings. The number of hydrogen-bond acceptors (Lipinski definition) is 4. The normalized spacial score (nSPS) is 11.3. The van der Waals surface area contributed by atoms with E-state index in [0.29, 0.717) is 6.54 Å². The Kier molecular flexibility index (Phi) is 9.43. The Hall–Kier alpha value is -1.12. The van der Waals surface area contributed by atoms with Crippen molar-refractivity contribution >= 4 is 68.2 Å². The lowest BCUT2D eigenvalue weighted by atomic mass is 10.2. The number of halogens is 3. The lowest BCUT2D eigenvalue weighted by Crippen LogP contribution is -2.40. The molecule has 0 heterocycles. The van der Waals surface area contributed by atoms with Crippen molar-refractivity contribution in [2.45, 2.75) is 12.2 Å². The first kappa shape index (κ1) is 24.2. The SMILES string of the molecule is CS(=O)(=O)N(CC(=O)NCCCSCc1ccccc1Cl)c1cc(Cl)cc(Cl)c1. The van der Waals surface area contributed by atoms with Crippen LogP contribution in [0.25, 0.3) is 0 Å². The van der Waals surface area contributed by atoms with E-state index in [1.165, 1.54) is 18.2 Å². The van der Waals surface area contributed by atoms with Gasteiger partial charge in [0.15, 0.2) is 0 Å². The van der Waals surface area contributed by atoms with E-state index in [2.05, 4.69) is 5.32 Å². The predicted octanol–water partition coefficient (Wildman–Crippen LogP) is 4.85. The van der Waals surface area contributed by atoms with Gasteiger partial charge in [-0.25, -0.2) is 8.42 Å². The molecule has 0 aliphatic carbocycles. The molecular formula is C19H21Cl3N2O3S2. The van der Waals surface area contributed by atoms with Crippen molar-refractivity contribution in [2.24, 2.45) is 0 Å². The molecule has 0 aliphatic heterocycles. The fourth-order valence-electron chi connectivity index (χ4n) is 2.47. The van der Waals surface area contributed by atoms with Crippen molar-refractivity contribution in [3.05, 3.63) is 63.1 Å². The van der Waals surface area contributed by atoms with Crippen LogP contribution in [0.2, 0.25) is 15.1 Å². The second-order valence-corrected chi connectivity index (χ2v) is 10.5. The number of amides is 1. The highest BCUT2D eigenvalue weighted by Gasteiger charge is 2.21. The van der Waals surface area contributed by atoms with Crippen molar-refractivity contribution in [2.75, 3.05) is 29.4 Å². The second-order valence-electron chi connectivity index (χ2n) is 6.24. The minimum Gasteiger partial charge on any atom is -0.354 e. The van der Waals surface area contributed by atoms with Crippen molar-refractivity contribution < 1.29 is 13.2 Å². The van der Waals surface area contributed by atoms with Crippen LogP contribution >= 0.6 is 46.6 Å². The van der Waals surface area contributed by atoms with Crippen LogP contribution in [0.3, 0.4) is 0 Å². The number of thioether (sulfide) groups is 1. The van der Waals surface area contributed by atoms with E-state index in [0.717, 1.165) is 39.1 Å². The molecule has 1 amide bonds. The van der Waals surface area contributed by atoms with E-state index in [-0.39, 0.29) is 22.3 Å². The first-order valence-corrected chi connectivity index (χ1v) is 12.8. The van der Waals surface area contributed by atoms with Crippen LogP contribution in [-0.2, 0) is 20.6 Å². The first-order chi connectivity index (χ1) is 13.7. The highest BCUT2D eigenvalue weighted by atomic mass is 35.5. The Bertz CT molecular complexity index is 935. The summed E-state index contributed by atoms with van der Waals surface area (Å²) in [6, 6.07) is 12.1. The summed E-state index contributed by atoms with van der Waals surface area (Å²) < 4.78 is 25.2. The average Bonchev–Trinajstić information content (AvgIpc) is 2.62. The summed E-state index contributed by atoms with van der Waals surface area (Å²) in [4.78, 5) is 12.2. The molecule has 0 saturated heterocycles. The Morgan fingerprint density at radius 3 is 2.38 bits per heavy atom. The molecule has 1 N–H and O–H groups in total. The highest BCUT2D eigenvalue weighted by molar-refractivity contribution is 7.98. The van der Waals surface area contributed by atoms with Crippen LogP contribution < -0.4 is 9.62 Å². The quantitative estimate of drug-likeness (QED) is 0.478. The molecular weight excluding hydrogens is 475 g/mol. The fraction of sp³-hybridized carbons (Fsp3) is 0.316. The maximum atomic E-state index is 12.2. The van der Waals surface area contributed by atoms with Crippen LogP contribution in [0.5, 0.6) is 0 Å². The van der Waals surface area contributed by atoms with Gasteiger partial charge in [-0.2, -0.15) is 11.8 Å². The molecule has 2 rings (SSSR count). The van der Waals surface area contributed by atoms with E-state index < -0.39 is 15.9 Å². The molecule has 0 aromatic heterocycles. The third kappa shape index (κ3) is 8.26. The molecule has 0 radical (unpaired) electrons. The number of nitrogens with zero attached hydrogens (tertiary/aromatic N) is 1. The summed E-state index contributed by atoms with van der Waals surface area (Å²) in [6.07, 6.45) is 1.78. The number of rotatable bonds is 10. The summed E-state index contributed by atoms with van der Waals surface area (Å²) in [5.74, 6) is 1.23. The van der Waals surface area contributed by atoms with Crippen LogP contribution in [0, 0.1) is 0 Å². The molecule has 158 valence electrons. The monoisotopic (exact) mass is 494 g/mol. The lowest BCUT2D eigenvalue weighted by Gasteiger charge is -2.22. The van der Waals surface area contributed by atoms with Gasteiger partial charge in [-0.15, -0.1) is 0 Å². The van der Waals surface area contributed by atoms with Crippen LogP contribution in [0.4, 0.5) is 5.69 Å². The molecule has 0 aliphatic rings. The van der Waals surface area contributed by atoms with Gasteiger partial charge in [0, 0.05) is 27.4 Å². The van der Waals surface area contributed by atoms with Crippen LogP contribution in [-0.4, -0.2) is 39.4 Å². The summed E-state index contributed by atoms with van der Waals surface area (Å²) in [5, 5.41) is 4.07. The fourth-order valence-corrected chi connectivity index (χ4v) is 5.07. The van der Waals surface area contributed by atoms with Gasteiger partial charge in [-0.1, -0.05) is 53.0 Å². The van der Waals surface area contributed by atoms with Crippen molar-refractivity contribution in [1.29, 1.82) is 0 Å².